The van der Waals surface area contributed by atoms with Gasteiger partial charge in [-0.05, 0) is 49.6 Å². The van der Waals surface area contributed by atoms with E-state index in [0.717, 1.165) is 31.7 Å². The number of benzene rings is 1. The molecule has 0 aromatic heterocycles. The molecule has 1 fully saturated rings. The van der Waals surface area contributed by atoms with E-state index in [1.807, 2.05) is 12.1 Å². The molecule has 0 saturated carbocycles. The van der Waals surface area contributed by atoms with Crippen LogP contribution in [-0.2, 0) is 11.3 Å². The molecule has 17 heavy (non-hydrogen) atoms. The molecule has 1 atom stereocenters. The molecule has 1 heterocycles. The fourth-order valence-electron chi connectivity index (χ4n) is 2.15. The lowest BCUT2D eigenvalue weighted by molar-refractivity contribution is 0.104. The fraction of sp³-hybridized carbons (Fsp3) is 0.538. The number of hydrogen-bond donors (Lipinski definition) is 2. The van der Waals surface area contributed by atoms with Crippen LogP contribution in [0.3, 0.4) is 0 Å². The molecule has 1 aromatic carbocycles. The molecule has 1 saturated heterocycles. The Hall–Kier alpha value is -0.770. The molecule has 0 amide bonds. The second kappa shape index (κ2) is 6.24. The molecule has 1 aromatic rings. The van der Waals surface area contributed by atoms with Crippen LogP contribution in [-0.4, -0.2) is 19.3 Å². The molecular formula is C13H19ClN2O. The van der Waals surface area contributed by atoms with Crippen LogP contribution >= 0.6 is 11.6 Å². The van der Waals surface area contributed by atoms with Crippen molar-refractivity contribution in [2.24, 2.45) is 0 Å². The number of anilines is 1. The molecule has 1 aliphatic rings. The highest BCUT2D eigenvalue weighted by Crippen LogP contribution is 2.17. The van der Waals surface area contributed by atoms with Gasteiger partial charge in [0, 0.05) is 23.9 Å². The van der Waals surface area contributed by atoms with Crippen LogP contribution in [0.4, 0.5) is 5.69 Å². The minimum atomic E-state index is 0.451. The predicted octanol–water partition coefficient (Wildman–Crippen LogP) is 2.58. The van der Waals surface area contributed by atoms with Crippen molar-refractivity contribution < 1.29 is 4.74 Å². The van der Waals surface area contributed by atoms with E-state index in [2.05, 4.69) is 5.32 Å². The minimum absolute atomic E-state index is 0.451. The lowest BCUT2D eigenvalue weighted by Crippen LogP contribution is -2.19. The van der Waals surface area contributed by atoms with Gasteiger partial charge in [-0.15, -0.1) is 0 Å². The molecular weight excluding hydrogens is 236 g/mol. The zero-order valence-electron chi connectivity index (χ0n) is 9.92. The zero-order chi connectivity index (χ0) is 12.1. The first-order valence-electron chi connectivity index (χ1n) is 6.11. The average molecular weight is 255 g/mol. The molecule has 4 heteroatoms. The number of hydrogen-bond acceptors (Lipinski definition) is 3. The molecule has 3 nitrogen and oxygen atoms in total. The van der Waals surface area contributed by atoms with Gasteiger partial charge >= 0.3 is 0 Å². The predicted molar refractivity (Wildman–Crippen MR) is 71.2 cm³/mol. The van der Waals surface area contributed by atoms with Crippen molar-refractivity contribution in [3.63, 3.8) is 0 Å². The van der Waals surface area contributed by atoms with Gasteiger partial charge in [-0.1, -0.05) is 11.6 Å². The van der Waals surface area contributed by atoms with Crippen LogP contribution in [0.1, 0.15) is 24.8 Å². The Morgan fingerprint density at radius 3 is 3.00 bits per heavy atom. The Labute approximate surface area is 107 Å². The highest BCUT2D eigenvalue weighted by Gasteiger charge is 2.14. The lowest BCUT2D eigenvalue weighted by atomic mass is 10.1. The van der Waals surface area contributed by atoms with Crippen molar-refractivity contribution in [2.45, 2.75) is 31.9 Å². The summed E-state index contributed by atoms with van der Waals surface area (Å²) >= 11 is 5.94. The molecule has 0 spiro atoms. The Balaban J connectivity index is 1.70. The number of nitrogen functional groups attached to an aromatic ring is 1. The Morgan fingerprint density at radius 2 is 2.29 bits per heavy atom. The quantitative estimate of drug-likeness (QED) is 0.627. The lowest BCUT2D eigenvalue weighted by Gasteiger charge is -2.10. The van der Waals surface area contributed by atoms with Gasteiger partial charge in [0.1, 0.15) is 0 Å². The summed E-state index contributed by atoms with van der Waals surface area (Å²) < 4.78 is 5.56. The van der Waals surface area contributed by atoms with Crippen LogP contribution in [0.25, 0.3) is 0 Å². The molecule has 0 radical (unpaired) electrons. The van der Waals surface area contributed by atoms with Gasteiger partial charge in [0.15, 0.2) is 0 Å². The number of halogens is 1. The molecule has 2 rings (SSSR count). The van der Waals surface area contributed by atoms with E-state index in [1.165, 1.54) is 12.8 Å². The fourth-order valence-corrected chi connectivity index (χ4v) is 2.41. The van der Waals surface area contributed by atoms with Gasteiger partial charge in [0.25, 0.3) is 0 Å². The maximum absolute atomic E-state index is 5.94. The highest BCUT2D eigenvalue weighted by atomic mass is 35.5. The molecule has 1 unspecified atom stereocenters. The van der Waals surface area contributed by atoms with Gasteiger partial charge in [-0.3, -0.25) is 0 Å². The maximum Gasteiger partial charge on any atom is 0.0588 e. The van der Waals surface area contributed by atoms with E-state index < -0.39 is 0 Å². The molecule has 94 valence electrons. The average Bonchev–Trinajstić information content (AvgIpc) is 2.76. The summed E-state index contributed by atoms with van der Waals surface area (Å²) in [5.74, 6) is 0. The van der Waals surface area contributed by atoms with E-state index in [4.69, 9.17) is 22.1 Å². The third-order valence-electron chi connectivity index (χ3n) is 2.98. The first-order valence-corrected chi connectivity index (χ1v) is 6.49. The second-order valence-corrected chi connectivity index (χ2v) is 4.93. The number of ether oxygens (including phenoxy) is 1. The summed E-state index contributed by atoms with van der Waals surface area (Å²) in [7, 11) is 0. The summed E-state index contributed by atoms with van der Waals surface area (Å²) in [6, 6.07) is 5.65. The summed E-state index contributed by atoms with van der Waals surface area (Å²) in [6.45, 7) is 2.70. The highest BCUT2D eigenvalue weighted by molar-refractivity contribution is 6.30. The van der Waals surface area contributed by atoms with Gasteiger partial charge in [0.05, 0.1) is 6.10 Å². The summed E-state index contributed by atoms with van der Waals surface area (Å²) in [5, 5.41) is 4.08. The van der Waals surface area contributed by atoms with Crippen molar-refractivity contribution in [1.82, 2.24) is 5.32 Å². The van der Waals surface area contributed by atoms with Crippen molar-refractivity contribution in [1.29, 1.82) is 0 Å². The van der Waals surface area contributed by atoms with Crippen LogP contribution < -0.4 is 11.1 Å². The van der Waals surface area contributed by atoms with Crippen LogP contribution in [0.2, 0.25) is 5.02 Å². The first kappa shape index (κ1) is 12.7. The van der Waals surface area contributed by atoms with Crippen molar-refractivity contribution in [3.05, 3.63) is 28.8 Å². The van der Waals surface area contributed by atoms with E-state index in [0.29, 0.717) is 16.8 Å². The minimum Gasteiger partial charge on any atom is -0.399 e. The monoisotopic (exact) mass is 254 g/mol. The topological polar surface area (TPSA) is 47.3 Å². The SMILES string of the molecule is Nc1cc(Cl)cc(CNCCC2CCCO2)c1. The standard InChI is InChI=1S/C13H19ClN2O/c14-11-6-10(7-12(15)8-11)9-16-4-3-13-2-1-5-17-13/h6-8,13,16H,1-5,9,15H2. The van der Waals surface area contributed by atoms with Crippen molar-refractivity contribution in [2.75, 3.05) is 18.9 Å². The molecule has 3 N–H and O–H groups in total. The smallest absolute Gasteiger partial charge is 0.0588 e. The van der Waals surface area contributed by atoms with Gasteiger partial charge in [0.2, 0.25) is 0 Å². The summed E-state index contributed by atoms with van der Waals surface area (Å²) in [5.41, 5.74) is 7.57. The van der Waals surface area contributed by atoms with Crippen LogP contribution in [0, 0.1) is 0 Å². The Morgan fingerprint density at radius 1 is 1.41 bits per heavy atom. The maximum atomic E-state index is 5.94. The summed E-state index contributed by atoms with van der Waals surface area (Å²) in [6.07, 6.45) is 3.93. The van der Waals surface area contributed by atoms with E-state index in [1.54, 1.807) is 6.07 Å². The number of nitrogens with two attached hydrogens (primary N) is 1. The third-order valence-corrected chi connectivity index (χ3v) is 3.19. The molecule has 1 aliphatic heterocycles. The van der Waals surface area contributed by atoms with E-state index in [-0.39, 0.29) is 0 Å². The summed E-state index contributed by atoms with van der Waals surface area (Å²) in [4.78, 5) is 0. The van der Waals surface area contributed by atoms with Gasteiger partial charge in [-0.2, -0.15) is 0 Å². The Bertz CT molecular complexity index is 344. The molecule has 0 bridgehead atoms. The van der Waals surface area contributed by atoms with E-state index in [9.17, 15) is 0 Å². The number of rotatable bonds is 5. The first-order chi connectivity index (χ1) is 8.24. The van der Waals surface area contributed by atoms with Crippen molar-refractivity contribution in [3.8, 4) is 0 Å². The number of nitrogens with one attached hydrogen (secondary N) is 1. The molecule has 0 aliphatic carbocycles. The Kier molecular flexibility index (Phi) is 4.66. The van der Waals surface area contributed by atoms with Crippen LogP contribution in [0.5, 0.6) is 0 Å². The van der Waals surface area contributed by atoms with E-state index >= 15 is 0 Å². The van der Waals surface area contributed by atoms with Gasteiger partial charge < -0.3 is 15.8 Å². The van der Waals surface area contributed by atoms with Crippen LogP contribution in [0.15, 0.2) is 18.2 Å². The normalized spacial score (nSPS) is 19.7. The largest absolute Gasteiger partial charge is 0.399 e. The van der Waals surface area contributed by atoms with Gasteiger partial charge in [-0.25, -0.2) is 0 Å². The van der Waals surface area contributed by atoms with Crippen molar-refractivity contribution >= 4 is 17.3 Å². The third kappa shape index (κ3) is 4.19. The zero-order valence-corrected chi connectivity index (χ0v) is 10.7. The second-order valence-electron chi connectivity index (χ2n) is 4.49.